The van der Waals surface area contributed by atoms with Crippen molar-refractivity contribution in [3.63, 3.8) is 0 Å². The summed E-state index contributed by atoms with van der Waals surface area (Å²) in [6.07, 6.45) is 1.24. The molecule has 0 saturated carbocycles. The standard InChI is InChI=1S/C35H37N9O5/c1-49-31(23-5-3-2-4-6-23)34(47)43-21-28-29(22-43)39-40-32(28)38-33(46)24-7-10-26(11-8-24)42-17-15-41(16-18-42)20-25-9-12-27(19-36-25)44-14-13-30(45)37-35(44)48/h2-12,19,31H,13-18,20-22H2,1H3,(H,37,45,48)(H2,38,39,40,46)/t31-/m1/s1. The van der Waals surface area contributed by atoms with Crippen LogP contribution in [0.15, 0.2) is 72.9 Å². The van der Waals surface area contributed by atoms with Crippen LogP contribution >= 0.6 is 0 Å². The molecule has 0 aliphatic carbocycles. The van der Waals surface area contributed by atoms with Crippen LogP contribution in [0.1, 0.15) is 45.4 Å². The van der Waals surface area contributed by atoms with Crippen molar-refractivity contribution in [3.8, 4) is 0 Å². The molecule has 2 fully saturated rings. The molecule has 0 unspecified atom stereocenters. The highest BCUT2D eigenvalue weighted by molar-refractivity contribution is 6.05. The molecule has 252 valence electrons. The zero-order valence-corrected chi connectivity index (χ0v) is 27.1. The number of H-pyrrole nitrogens is 1. The van der Waals surface area contributed by atoms with Crippen LogP contribution in [0.2, 0.25) is 0 Å². The number of rotatable bonds is 9. The SMILES string of the molecule is CO[C@@H](C(=O)N1Cc2[nH]nc(NC(=O)c3ccc(N4CCN(Cc5ccc(N6CCC(=O)NC6=O)cn5)CC4)cc3)c2C1)c1ccccc1. The number of hydrogen-bond donors (Lipinski definition) is 3. The number of amides is 5. The molecule has 3 aliphatic heterocycles. The van der Waals surface area contributed by atoms with Gasteiger partial charge in [-0.3, -0.25) is 39.6 Å². The number of anilines is 3. The summed E-state index contributed by atoms with van der Waals surface area (Å²) in [5, 5.41) is 12.5. The van der Waals surface area contributed by atoms with Gasteiger partial charge in [-0.05, 0) is 42.0 Å². The van der Waals surface area contributed by atoms with Crippen molar-refractivity contribution in [2.75, 3.05) is 55.0 Å². The van der Waals surface area contributed by atoms with Crippen molar-refractivity contribution in [1.29, 1.82) is 0 Å². The van der Waals surface area contributed by atoms with Crippen LogP contribution in [0.4, 0.5) is 22.0 Å². The fourth-order valence-corrected chi connectivity index (χ4v) is 6.45. The minimum atomic E-state index is -0.709. The summed E-state index contributed by atoms with van der Waals surface area (Å²) in [6, 6.07) is 20.3. The molecule has 14 heteroatoms. The number of imide groups is 1. The number of carbonyl (C=O) groups excluding carboxylic acids is 4. The van der Waals surface area contributed by atoms with Gasteiger partial charge in [-0.25, -0.2) is 4.79 Å². The third kappa shape index (κ3) is 6.87. The second kappa shape index (κ2) is 13.9. The number of ether oxygens (including phenoxy) is 1. The van der Waals surface area contributed by atoms with E-state index < -0.39 is 12.1 Å². The van der Waals surface area contributed by atoms with Gasteiger partial charge in [0.1, 0.15) is 0 Å². The Bertz CT molecular complexity index is 1840. The Balaban J connectivity index is 0.896. The molecule has 1 atom stereocenters. The summed E-state index contributed by atoms with van der Waals surface area (Å²) in [5.41, 5.74) is 5.50. The van der Waals surface area contributed by atoms with Gasteiger partial charge in [0.15, 0.2) is 11.9 Å². The van der Waals surface area contributed by atoms with Crippen molar-refractivity contribution in [3.05, 3.63) is 101 Å². The van der Waals surface area contributed by atoms with Gasteiger partial charge in [-0.15, -0.1) is 0 Å². The van der Waals surface area contributed by atoms with E-state index >= 15 is 0 Å². The Labute approximate surface area is 283 Å². The number of nitrogens with zero attached hydrogens (tertiary/aromatic N) is 6. The lowest BCUT2D eigenvalue weighted by atomic mass is 10.1. The van der Waals surface area contributed by atoms with E-state index in [2.05, 4.69) is 35.6 Å². The van der Waals surface area contributed by atoms with Gasteiger partial charge in [-0.2, -0.15) is 5.10 Å². The lowest BCUT2D eigenvalue weighted by Crippen LogP contribution is -2.49. The van der Waals surface area contributed by atoms with E-state index in [0.717, 1.165) is 54.4 Å². The van der Waals surface area contributed by atoms with E-state index in [-0.39, 0.29) is 24.1 Å². The maximum Gasteiger partial charge on any atom is 0.328 e. The van der Waals surface area contributed by atoms with E-state index in [1.54, 1.807) is 11.1 Å². The smallest absolute Gasteiger partial charge is 0.328 e. The lowest BCUT2D eigenvalue weighted by molar-refractivity contribution is -0.143. The van der Waals surface area contributed by atoms with Gasteiger partial charge >= 0.3 is 6.03 Å². The number of benzene rings is 2. The van der Waals surface area contributed by atoms with E-state index in [4.69, 9.17) is 4.74 Å². The summed E-state index contributed by atoms with van der Waals surface area (Å²) in [7, 11) is 1.52. The average Bonchev–Trinajstić information content (AvgIpc) is 3.72. The fraction of sp³-hybridized carbons (Fsp3) is 0.314. The molecular weight excluding hydrogens is 626 g/mol. The first kappa shape index (κ1) is 32.0. The number of pyridine rings is 1. The zero-order valence-electron chi connectivity index (χ0n) is 27.1. The molecule has 5 amide bonds. The number of aromatic amines is 1. The molecule has 4 aromatic rings. The monoisotopic (exact) mass is 663 g/mol. The molecule has 2 saturated heterocycles. The number of nitrogens with one attached hydrogen (secondary N) is 3. The number of piperazine rings is 1. The van der Waals surface area contributed by atoms with Crippen LogP contribution < -0.4 is 20.4 Å². The van der Waals surface area contributed by atoms with Crippen molar-refractivity contribution < 1.29 is 23.9 Å². The molecule has 49 heavy (non-hydrogen) atoms. The van der Waals surface area contributed by atoms with E-state index in [1.807, 2.05) is 66.7 Å². The summed E-state index contributed by atoms with van der Waals surface area (Å²) in [5.74, 6) is -0.268. The number of aromatic nitrogens is 3. The van der Waals surface area contributed by atoms with E-state index in [0.29, 0.717) is 43.2 Å². The van der Waals surface area contributed by atoms with Gasteiger partial charge in [0.05, 0.1) is 36.4 Å². The number of hydrogen-bond acceptors (Lipinski definition) is 9. The normalized spacial score (nSPS) is 17.1. The maximum absolute atomic E-state index is 13.3. The van der Waals surface area contributed by atoms with Crippen LogP contribution in [-0.4, -0.2) is 88.6 Å². The highest BCUT2D eigenvalue weighted by Gasteiger charge is 2.33. The van der Waals surface area contributed by atoms with Crippen molar-refractivity contribution in [2.24, 2.45) is 0 Å². The highest BCUT2D eigenvalue weighted by Crippen LogP contribution is 2.31. The first-order valence-electron chi connectivity index (χ1n) is 16.2. The molecule has 2 aromatic heterocycles. The fourth-order valence-electron chi connectivity index (χ4n) is 6.45. The minimum absolute atomic E-state index is 0.150. The van der Waals surface area contributed by atoms with Crippen molar-refractivity contribution in [2.45, 2.75) is 32.2 Å². The first-order chi connectivity index (χ1) is 23.9. The van der Waals surface area contributed by atoms with Gasteiger partial charge < -0.3 is 19.9 Å². The van der Waals surface area contributed by atoms with Crippen LogP contribution in [0.5, 0.6) is 0 Å². The Morgan fingerprint density at radius 3 is 2.37 bits per heavy atom. The number of methoxy groups -OCH3 is 1. The van der Waals surface area contributed by atoms with Crippen LogP contribution in [0.25, 0.3) is 0 Å². The number of carbonyl (C=O) groups is 4. The molecule has 0 spiro atoms. The lowest BCUT2D eigenvalue weighted by Gasteiger charge is -2.36. The molecule has 3 aliphatic rings. The molecular formula is C35H37N9O5. The summed E-state index contributed by atoms with van der Waals surface area (Å²) < 4.78 is 5.53. The second-order valence-electron chi connectivity index (χ2n) is 12.3. The third-order valence-electron chi connectivity index (χ3n) is 9.18. The molecule has 5 heterocycles. The zero-order chi connectivity index (χ0) is 33.9. The molecule has 14 nitrogen and oxygen atoms in total. The number of urea groups is 1. The predicted molar refractivity (Wildman–Crippen MR) is 181 cm³/mol. The van der Waals surface area contributed by atoms with Crippen LogP contribution in [-0.2, 0) is 34.0 Å². The quantitative estimate of drug-likeness (QED) is 0.245. The second-order valence-corrected chi connectivity index (χ2v) is 12.3. The largest absolute Gasteiger partial charge is 0.369 e. The summed E-state index contributed by atoms with van der Waals surface area (Å²) >= 11 is 0. The summed E-state index contributed by atoms with van der Waals surface area (Å²) in [4.78, 5) is 62.4. The number of fused-ring (bicyclic) bond motifs is 1. The van der Waals surface area contributed by atoms with Crippen molar-refractivity contribution >= 4 is 40.9 Å². The molecule has 7 rings (SSSR count). The molecule has 3 N–H and O–H groups in total. The van der Waals surface area contributed by atoms with E-state index in [1.165, 1.54) is 12.0 Å². The Hall–Kier alpha value is -5.60. The highest BCUT2D eigenvalue weighted by atomic mass is 16.5. The third-order valence-corrected chi connectivity index (χ3v) is 9.18. The van der Waals surface area contributed by atoms with Crippen LogP contribution in [0.3, 0.4) is 0 Å². The molecule has 0 bridgehead atoms. The Morgan fingerprint density at radius 1 is 0.918 bits per heavy atom. The topological polar surface area (TPSA) is 156 Å². The first-order valence-corrected chi connectivity index (χ1v) is 16.2. The maximum atomic E-state index is 13.3. The predicted octanol–water partition coefficient (Wildman–Crippen LogP) is 3.06. The van der Waals surface area contributed by atoms with Gasteiger partial charge in [0.2, 0.25) is 5.91 Å². The van der Waals surface area contributed by atoms with Gasteiger partial charge in [0, 0.05) is 69.6 Å². The van der Waals surface area contributed by atoms with Crippen LogP contribution in [0, 0.1) is 0 Å². The Morgan fingerprint density at radius 2 is 1.67 bits per heavy atom. The van der Waals surface area contributed by atoms with E-state index in [9.17, 15) is 19.2 Å². The molecule has 2 aromatic carbocycles. The Kier molecular flexibility index (Phi) is 9.05. The minimum Gasteiger partial charge on any atom is -0.369 e. The molecule has 0 radical (unpaired) electrons. The van der Waals surface area contributed by atoms with Gasteiger partial charge in [-0.1, -0.05) is 30.3 Å². The van der Waals surface area contributed by atoms with Gasteiger partial charge in [0.25, 0.3) is 11.8 Å². The average molecular weight is 664 g/mol. The summed E-state index contributed by atoms with van der Waals surface area (Å²) in [6.45, 7) is 5.07. The van der Waals surface area contributed by atoms with Crippen molar-refractivity contribution in [1.82, 2.24) is 30.3 Å².